The second-order valence-corrected chi connectivity index (χ2v) is 2.43. The lowest BCUT2D eigenvalue weighted by atomic mass is 10.0. The fourth-order valence-corrected chi connectivity index (χ4v) is 0.611. The summed E-state index contributed by atoms with van der Waals surface area (Å²) >= 11 is 0. The van der Waals surface area contributed by atoms with Crippen molar-refractivity contribution in [2.45, 2.75) is 26.7 Å². The standard InChI is InChI=1S/C8H13N/c1-4-7(2)5-8(3)6-9/h7H,3-5H2,1-2H3. The van der Waals surface area contributed by atoms with Gasteiger partial charge in [-0.2, -0.15) is 5.26 Å². The first-order valence-electron chi connectivity index (χ1n) is 3.28. The Hall–Kier alpha value is -0.770. The number of allylic oxidation sites excluding steroid dienone is 1. The van der Waals surface area contributed by atoms with Crippen LogP contribution in [-0.2, 0) is 0 Å². The summed E-state index contributed by atoms with van der Waals surface area (Å²) in [5.74, 6) is 0.608. The Kier molecular flexibility index (Phi) is 3.79. The Bertz CT molecular complexity index is 130. The van der Waals surface area contributed by atoms with Gasteiger partial charge in [-0.05, 0) is 12.3 Å². The van der Waals surface area contributed by atoms with Crippen molar-refractivity contribution in [1.82, 2.24) is 0 Å². The smallest absolute Gasteiger partial charge is 0.0940 e. The molecule has 0 saturated heterocycles. The minimum absolute atomic E-state index is 0.608. The zero-order valence-electron chi connectivity index (χ0n) is 6.15. The molecule has 0 bridgehead atoms. The molecule has 0 aromatic rings. The molecule has 1 atom stereocenters. The van der Waals surface area contributed by atoms with E-state index in [0.717, 1.165) is 12.8 Å². The molecule has 50 valence electrons. The van der Waals surface area contributed by atoms with E-state index in [1.807, 2.05) is 6.07 Å². The summed E-state index contributed by atoms with van der Waals surface area (Å²) < 4.78 is 0. The van der Waals surface area contributed by atoms with E-state index in [2.05, 4.69) is 20.4 Å². The van der Waals surface area contributed by atoms with Crippen molar-refractivity contribution in [1.29, 1.82) is 5.26 Å². The van der Waals surface area contributed by atoms with Crippen molar-refractivity contribution in [3.63, 3.8) is 0 Å². The van der Waals surface area contributed by atoms with Gasteiger partial charge in [0.15, 0.2) is 0 Å². The van der Waals surface area contributed by atoms with Crippen LogP contribution in [0.1, 0.15) is 26.7 Å². The van der Waals surface area contributed by atoms with E-state index < -0.39 is 0 Å². The number of nitrogens with zero attached hydrogens (tertiary/aromatic N) is 1. The number of nitriles is 1. The summed E-state index contributed by atoms with van der Waals surface area (Å²) in [6.45, 7) is 7.85. The van der Waals surface area contributed by atoms with Crippen LogP contribution >= 0.6 is 0 Å². The highest BCUT2D eigenvalue weighted by Crippen LogP contribution is 2.11. The van der Waals surface area contributed by atoms with Crippen LogP contribution in [0, 0.1) is 17.2 Å². The lowest BCUT2D eigenvalue weighted by molar-refractivity contribution is 0.564. The zero-order chi connectivity index (χ0) is 7.28. The van der Waals surface area contributed by atoms with Crippen LogP contribution < -0.4 is 0 Å². The third-order valence-electron chi connectivity index (χ3n) is 1.45. The molecule has 0 aliphatic carbocycles. The highest BCUT2D eigenvalue weighted by Gasteiger charge is 1.99. The van der Waals surface area contributed by atoms with Crippen LogP contribution in [0.3, 0.4) is 0 Å². The van der Waals surface area contributed by atoms with Crippen molar-refractivity contribution in [2.24, 2.45) is 5.92 Å². The molecule has 1 heteroatoms. The maximum atomic E-state index is 8.33. The van der Waals surface area contributed by atoms with Crippen LogP contribution in [0.25, 0.3) is 0 Å². The van der Waals surface area contributed by atoms with Gasteiger partial charge in [0.2, 0.25) is 0 Å². The highest BCUT2D eigenvalue weighted by atomic mass is 14.2. The van der Waals surface area contributed by atoms with Crippen molar-refractivity contribution in [3.8, 4) is 6.07 Å². The first-order chi connectivity index (χ1) is 4.20. The molecule has 9 heavy (non-hydrogen) atoms. The van der Waals surface area contributed by atoms with Gasteiger partial charge >= 0.3 is 0 Å². The van der Waals surface area contributed by atoms with E-state index in [0.29, 0.717) is 11.5 Å². The fraction of sp³-hybridized carbons (Fsp3) is 0.625. The van der Waals surface area contributed by atoms with Gasteiger partial charge in [0.25, 0.3) is 0 Å². The normalized spacial score (nSPS) is 12.1. The van der Waals surface area contributed by atoms with Crippen LogP contribution in [0.2, 0.25) is 0 Å². The molecule has 0 fully saturated rings. The van der Waals surface area contributed by atoms with E-state index in [4.69, 9.17) is 5.26 Å². The Morgan fingerprint density at radius 2 is 2.33 bits per heavy atom. The van der Waals surface area contributed by atoms with Gasteiger partial charge in [0.1, 0.15) is 0 Å². The van der Waals surface area contributed by atoms with E-state index in [9.17, 15) is 0 Å². The van der Waals surface area contributed by atoms with Crippen molar-refractivity contribution >= 4 is 0 Å². The highest BCUT2D eigenvalue weighted by molar-refractivity contribution is 5.15. The lowest BCUT2D eigenvalue weighted by Crippen LogP contribution is -1.91. The fourth-order valence-electron chi connectivity index (χ4n) is 0.611. The summed E-state index contributed by atoms with van der Waals surface area (Å²) in [4.78, 5) is 0. The molecule has 0 saturated carbocycles. The Labute approximate surface area is 57.0 Å². The third-order valence-corrected chi connectivity index (χ3v) is 1.45. The zero-order valence-corrected chi connectivity index (χ0v) is 6.15. The molecule has 1 unspecified atom stereocenters. The van der Waals surface area contributed by atoms with Gasteiger partial charge in [0, 0.05) is 5.57 Å². The summed E-state index contributed by atoms with van der Waals surface area (Å²) in [6, 6.07) is 2.04. The third kappa shape index (κ3) is 3.78. The summed E-state index contributed by atoms with van der Waals surface area (Å²) in [6.07, 6.45) is 1.98. The maximum absolute atomic E-state index is 8.33. The molecule has 0 heterocycles. The van der Waals surface area contributed by atoms with E-state index in [-0.39, 0.29) is 0 Å². The average molecular weight is 123 g/mol. The van der Waals surface area contributed by atoms with E-state index in [1.165, 1.54) is 0 Å². The molecule has 0 N–H and O–H groups in total. The van der Waals surface area contributed by atoms with Crippen LogP contribution in [0.4, 0.5) is 0 Å². The summed E-state index contributed by atoms with van der Waals surface area (Å²) in [5.41, 5.74) is 0.698. The minimum atomic E-state index is 0.608. The molecule has 0 spiro atoms. The number of rotatable bonds is 3. The second kappa shape index (κ2) is 4.14. The molecule has 0 aromatic heterocycles. The Morgan fingerprint density at radius 3 is 2.67 bits per heavy atom. The van der Waals surface area contributed by atoms with Gasteiger partial charge in [-0.25, -0.2) is 0 Å². The van der Waals surface area contributed by atoms with E-state index in [1.54, 1.807) is 0 Å². The van der Waals surface area contributed by atoms with Gasteiger partial charge in [-0.15, -0.1) is 0 Å². The summed E-state index contributed by atoms with van der Waals surface area (Å²) in [5, 5.41) is 8.33. The monoisotopic (exact) mass is 123 g/mol. The predicted octanol–water partition coefficient (Wildman–Crippen LogP) is 2.50. The first-order valence-corrected chi connectivity index (χ1v) is 3.28. The van der Waals surface area contributed by atoms with Gasteiger partial charge in [-0.1, -0.05) is 26.8 Å². The molecule has 0 rings (SSSR count). The lowest BCUT2D eigenvalue weighted by Gasteiger charge is -2.03. The minimum Gasteiger partial charge on any atom is -0.193 e. The largest absolute Gasteiger partial charge is 0.193 e. The topological polar surface area (TPSA) is 23.8 Å². The Balaban J connectivity index is 3.50. The summed E-state index contributed by atoms with van der Waals surface area (Å²) in [7, 11) is 0. The maximum Gasteiger partial charge on any atom is 0.0940 e. The van der Waals surface area contributed by atoms with E-state index >= 15 is 0 Å². The Morgan fingerprint density at radius 1 is 1.78 bits per heavy atom. The van der Waals surface area contributed by atoms with Crippen LogP contribution in [0.5, 0.6) is 0 Å². The SMILES string of the molecule is C=C(C#N)CC(C)CC. The average Bonchev–Trinajstić information content (AvgIpc) is 1.87. The molecule has 0 aliphatic rings. The predicted molar refractivity (Wildman–Crippen MR) is 38.8 cm³/mol. The molecular formula is C8H13N. The molecule has 0 radical (unpaired) electrons. The second-order valence-electron chi connectivity index (χ2n) is 2.43. The molecule has 0 aliphatic heterocycles. The van der Waals surface area contributed by atoms with Crippen molar-refractivity contribution in [2.75, 3.05) is 0 Å². The first kappa shape index (κ1) is 8.23. The molecule has 0 amide bonds. The van der Waals surface area contributed by atoms with Crippen molar-refractivity contribution < 1.29 is 0 Å². The van der Waals surface area contributed by atoms with Gasteiger partial charge in [0.05, 0.1) is 6.07 Å². The van der Waals surface area contributed by atoms with Crippen molar-refractivity contribution in [3.05, 3.63) is 12.2 Å². The number of hydrogen-bond acceptors (Lipinski definition) is 1. The molecule has 0 aromatic carbocycles. The van der Waals surface area contributed by atoms with Crippen LogP contribution in [0.15, 0.2) is 12.2 Å². The van der Waals surface area contributed by atoms with Gasteiger partial charge in [-0.3, -0.25) is 0 Å². The van der Waals surface area contributed by atoms with Gasteiger partial charge < -0.3 is 0 Å². The molecule has 1 nitrogen and oxygen atoms in total. The van der Waals surface area contributed by atoms with Crippen LogP contribution in [-0.4, -0.2) is 0 Å². The quantitative estimate of drug-likeness (QED) is 0.529. The number of hydrogen-bond donors (Lipinski definition) is 0. The molecular weight excluding hydrogens is 110 g/mol.